The third-order valence-corrected chi connectivity index (χ3v) is 9.81. The second-order valence-corrected chi connectivity index (χ2v) is 12.9. The topological polar surface area (TPSA) is 148 Å². The lowest BCUT2D eigenvalue weighted by atomic mass is 9.88. The van der Waals surface area contributed by atoms with Gasteiger partial charge in [-0.1, -0.05) is 63.8 Å². The quantitative estimate of drug-likeness (QED) is 0.169. The van der Waals surface area contributed by atoms with Gasteiger partial charge in [0.2, 0.25) is 23.6 Å². The molecule has 2 unspecified atom stereocenters. The summed E-state index contributed by atoms with van der Waals surface area (Å²) in [5, 5.41) is 9.74. The first-order valence-electron chi connectivity index (χ1n) is 17.2. The first-order valence-corrected chi connectivity index (χ1v) is 17.2. The molecule has 0 bridgehead atoms. The summed E-state index contributed by atoms with van der Waals surface area (Å²) in [5.74, 6) is -2.87. The van der Waals surface area contributed by atoms with Gasteiger partial charge in [0, 0.05) is 30.5 Å². The Hall–Kier alpha value is -4.35. The van der Waals surface area contributed by atoms with Gasteiger partial charge in [0.25, 0.3) is 0 Å². The lowest BCUT2D eigenvalue weighted by Crippen LogP contribution is -2.64. The minimum Gasteiger partial charge on any atom is -0.469 e. The van der Waals surface area contributed by atoms with Gasteiger partial charge < -0.3 is 30.4 Å². The lowest BCUT2D eigenvalue weighted by Gasteiger charge is -2.40. The van der Waals surface area contributed by atoms with E-state index in [1.165, 1.54) is 7.11 Å². The van der Waals surface area contributed by atoms with Crippen molar-refractivity contribution in [1.29, 1.82) is 0 Å². The van der Waals surface area contributed by atoms with Crippen LogP contribution in [-0.2, 0) is 28.7 Å². The molecule has 12 nitrogen and oxygen atoms in total. The zero-order valence-electron chi connectivity index (χ0n) is 28.7. The summed E-state index contributed by atoms with van der Waals surface area (Å²) in [6, 6.07) is 3.86. The zero-order valence-corrected chi connectivity index (χ0v) is 28.7. The molecule has 3 heterocycles. The van der Waals surface area contributed by atoms with Crippen LogP contribution in [0.2, 0.25) is 0 Å². The summed E-state index contributed by atoms with van der Waals surface area (Å²) < 4.78 is 6.32. The van der Waals surface area contributed by atoms with Crippen LogP contribution in [-0.4, -0.2) is 84.2 Å². The molecule has 262 valence electrons. The number of methoxy groups -OCH3 is 1. The van der Waals surface area contributed by atoms with Crippen LogP contribution in [0, 0.1) is 5.92 Å². The van der Waals surface area contributed by atoms with Crippen molar-refractivity contribution in [2.24, 2.45) is 5.92 Å². The van der Waals surface area contributed by atoms with Crippen molar-refractivity contribution in [3.63, 3.8) is 0 Å². The van der Waals surface area contributed by atoms with Gasteiger partial charge in [-0.15, -0.1) is 6.58 Å². The van der Waals surface area contributed by atoms with E-state index in [1.807, 2.05) is 38.1 Å². The Morgan fingerprint density at radius 2 is 1.71 bits per heavy atom. The lowest BCUT2D eigenvalue weighted by molar-refractivity contribution is -0.147. The van der Waals surface area contributed by atoms with E-state index in [-0.39, 0.29) is 23.7 Å². The highest BCUT2D eigenvalue weighted by atomic mass is 16.6. The number of piperidine rings is 1. The van der Waals surface area contributed by atoms with E-state index < -0.39 is 41.9 Å². The molecular formula is C36H51N5O7. The van der Waals surface area contributed by atoms with Gasteiger partial charge >= 0.3 is 5.97 Å². The molecule has 6 atom stereocenters. The second-order valence-electron chi connectivity index (χ2n) is 12.9. The van der Waals surface area contributed by atoms with Gasteiger partial charge in [0.15, 0.2) is 0 Å². The number of unbranched alkanes of at least 4 members (excludes halogenated alkanes) is 3. The van der Waals surface area contributed by atoms with Crippen molar-refractivity contribution in [2.75, 3.05) is 20.8 Å². The minimum atomic E-state index is -1.15. The van der Waals surface area contributed by atoms with Gasteiger partial charge in [-0.25, -0.2) is 0 Å². The molecule has 4 amide bonds. The van der Waals surface area contributed by atoms with Crippen LogP contribution in [0.4, 0.5) is 0 Å². The maximum atomic E-state index is 14.4. The standard InChI is InChI=1S/C36H51N5O7/c1-6-23(3)31-36(46)40-21-15-14-19-29(40)34(44)37-27(17-10-8-9-11-20-30(42)47-4)33(43)39-32(35(45)38-31)24(7-2)26-22-41(48-5)28-18-13-12-16-25(26)28/h7,12-13,16,18,22-24,27,29,31-32H,2,6,8-11,14-15,17,19-21H2,1,3-5H3,(H,37,44)(H,38,45)(H,39,43)/t23?,24?,27-,29+,31-,32-/m0/s1. The van der Waals surface area contributed by atoms with E-state index in [0.717, 1.165) is 36.6 Å². The summed E-state index contributed by atoms with van der Waals surface area (Å²) in [7, 11) is 2.90. The smallest absolute Gasteiger partial charge is 0.305 e. The maximum absolute atomic E-state index is 14.4. The van der Waals surface area contributed by atoms with E-state index in [0.29, 0.717) is 50.6 Å². The average molecular weight is 666 g/mol. The average Bonchev–Trinajstić information content (AvgIpc) is 3.48. The number of carbonyl (C=O) groups is 5. The molecule has 2 aromatic rings. The number of amides is 4. The molecule has 12 heteroatoms. The fourth-order valence-corrected chi connectivity index (χ4v) is 6.79. The van der Waals surface area contributed by atoms with E-state index >= 15 is 0 Å². The summed E-state index contributed by atoms with van der Waals surface area (Å²) in [6.07, 6.45) is 9.40. The second kappa shape index (κ2) is 17.2. The predicted molar refractivity (Wildman–Crippen MR) is 182 cm³/mol. The molecule has 1 aromatic heterocycles. The van der Waals surface area contributed by atoms with Crippen LogP contribution in [0.5, 0.6) is 0 Å². The van der Waals surface area contributed by atoms with Gasteiger partial charge in [-0.2, -0.15) is 4.73 Å². The molecule has 0 spiro atoms. The van der Waals surface area contributed by atoms with E-state index in [2.05, 4.69) is 22.5 Å². The highest BCUT2D eigenvalue weighted by Gasteiger charge is 2.42. The minimum absolute atomic E-state index is 0.226. The Morgan fingerprint density at radius 3 is 2.42 bits per heavy atom. The summed E-state index contributed by atoms with van der Waals surface area (Å²) in [5.41, 5.74) is 1.49. The SMILES string of the molecule is C=CC(c1cn(OC)c2ccccc12)[C@@H]1NC(=O)[C@H](CCCCCCC(=O)OC)NC(=O)[C@H]2CCCCN2C(=O)[C@H](C(C)CC)NC1=O. The Morgan fingerprint density at radius 1 is 0.979 bits per heavy atom. The van der Waals surface area contributed by atoms with Crippen LogP contribution in [0.1, 0.15) is 89.5 Å². The van der Waals surface area contributed by atoms with Crippen LogP contribution >= 0.6 is 0 Å². The number of benzene rings is 1. The molecule has 2 fully saturated rings. The molecule has 0 saturated carbocycles. The first kappa shape index (κ1) is 36.5. The third kappa shape index (κ3) is 8.38. The van der Waals surface area contributed by atoms with Crippen LogP contribution in [0.3, 0.4) is 0 Å². The normalized spacial score (nSPS) is 23.5. The highest BCUT2D eigenvalue weighted by Crippen LogP contribution is 2.31. The third-order valence-electron chi connectivity index (χ3n) is 9.81. The van der Waals surface area contributed by atoms with Crippen molar-refractivity contribution < 1.29 is 33.5 Å². The van der Waals surface area contributed by atoms with Crippen LogP contribution < -0.4 is 20.8 Å². The molecule has 2 aliphatic rings. The van der Waals surface area contributed by atoms with Crippen molar-refractivity contribution in [1.82, 2.24) is 25.6 Å². The molecule has 4 rings (SSSR count). The predicted octanol–water partition coefficient (Wildman–Crippen LogP) is 3.38. The molecule has 0 aliphatic carbocycles. The molecular weight excluding hydrogens is 614 g/mol. The Labute approximate surface area is 282 Å². The molecule has 0 radical (unpaired) electrons. The van der Waals surface area contributed by atoms with Crippen molar-refractivity contribution in [3.05, 3.63) is 48.7 Å². The van der Waals surface area contributed by atoms with Crippen LogP contribution in [0.15, 0.2) is 43.1 Å². The number of hydrogen-bond acceptors (Lipinski definition) is 7. The monoisotopic (exact) mass is 665 g/mol. The number of carbonyl (C=O) groups excluding carboxylic acids is 5. The largest absolute Gasteiger partial charge is 0.469 e. The van der Waals surface area contributed by atoms with Crippen molar-refractivity contribution in [2.45, 2.75) is 108 Å². The number of hydrogen-bond donors (Lipinski definition) is 3. The fraction of sp³-hybridized carbons (Fsp3) is 0.583. The number of rotatable bonds is 13. The van der Waals surface area contributed by atoms with E-state index in [9.17, 15) is 24.0 Å². The van der Waals surface area contributed by atoms with Gasteiger partial charge in [0.05, 0.1) is 12.6 Å². The van der Waals surface area contributed by atoms with E-state index in [1.54, 1.807) is 29.0 Å². The van der Waals surface area contributed by atoms with Gasteiger partial charge in [0.1, 0.15) is 31.3 Å². The van der Waals surface area contributed by atoms with Crippen molar-refractivity contribution >= 4 is 40.5 Å². The molecule has 3 N–H and O–H groups in total. The van der Waals surface area contributed by atoms with Crippen molar-refractivity contribution in [3.8, 4) is 0 Å². The van der Waals surface area contributed by atoms with E-state index in [4.69, 9.17) is 9.57 Å². The number of fused-ring (bicyclic) bond motifs is 2. The molecule has 48 heavy (non-hydrogen) atoms. The van der Waals surface area contributed by atoms with Gasteiger partial charge in [-0.3, -0.25) is 24.0 Å². The summed E-state index contributed by atoms with van der Waals surface area (Å²) >= 11 is 0. The first-order chi connectivity index (χ1) is 23.1. The molecule has 1 aromatic carbocycles. The number of para-hydroxylation sites is 1. The number of ether oxygens (including phenoxy) is 1. The Kier molecular flexibility index (Phi) is 13.0. The molecule has 2 aliphatic heterocycles. The Bertz CT molecular complexity index is 1470. The molecule has 2 saturated heterocycles. The fourth-order valence-electron chi connectivity index (χ4n) is 6.79. The maximum Gasteiger partial charge on any atom is 0.305 e. The number of aromatic nitrogens is 1. The number of nitrogens with zero attached hydrogens (tertiary/aromatic N) is 2. The Balaban J connectivity index is 1.71. The van der Waals surface area contributed by atoms with Crippen LogP contribution in [0.25, 0.3) is 10.9 Å². The highest BCUT2D eigenvalue weighted by molar-refractivity contribution is 5.98. The summed E-state index contributed by atoms with van der Waals surface area (Å²) in [4.78, 5) is 75.2. The number of nitrogens with one attached hydrogen (secondary N) is 3. The van der Waals surface area contributed by atoms with Gasteiger partial charge in [-0.05, 0) is 49.7 Å². The summed E-state index contributed by atoms with van der Waals surface area (Å²) in [6.45, 7) is 8.30. The zero-order chi connectivity index (χ0) is 34.8. The number of esters is 1.